The topological polar surface area (TPSA) is 98.7 Å². The predicted octanol–water partition coefficient (Wildman–Crippen LogP) is 3.62. The van der Waals surface area contributed by atoms with E-state index < -0.39 is 47.2 Å². The van der Waals surface area contributed by atoms with Gasteiger partial charge in [-0.25, -0.2) is 4.90 Å². The third-order valence-corrected chi connectivity index (χ3v) is 7.90. The predicted molar refractivity (Wildman–Crippen MR) is 135 cm³/mol. The Bertz CT molecular complexity index is 1420. The summed E-state index contributed by atoms with van der Waals surface area (Å²) in [5.41, 5.74) is 2.60. The summed E-state index contributed by atoms with van der Waals surface area (Å²) in [6.07, 6.45) is -1.16. The van der Waals surface area contributed by atoms with Crippen molar-refractivity contribution in [1.29, 1.82) is 0 Å². The van der Waals surface area contributed by atoms with Gasteiger partial charge in [-0.1, -0.05) is 59.1 Å². The van der Waals surface area contributed by atoms with Crippen LogP contribution in [-0.4, -0.2) is 28.9 Å². The number of hydrogen-bond acceptors (Lipinski definition) is 5. The summed E-state index contributed by atoms with van der Waals surface area (Å²) >= 11 is 6.04. The van der Waals surface area contributed by atoms with Gasteiger partial charge in [0.05, 0.1) is 29.7 Å². The Morgan fingerprint density at radius 3 is 2.28 bits per heavy atom. The molecule has 3 aromatic carbocycles. The molecule has 0 aromatic heterocycles. The van der Waals surface area contributed by atoms with E-state index in [1.165, 1.54) is 4.90 Å². The van der Waals surface area contributed by atoms with Crippen LogP contribution >= 0.6 is 11.6 Å². The second kappa shape index (κ2) is 8.00. The molecule has 2 fully saturated rings. The Kier molecular flexibility index (Phi) is 5.09. The molecule has 7 nitrogen and oxygen atoms in total. The van der Waals surface area contributed by atoms with Crippen molar-refractivity contribution in [3.05, 3.63) is 94.0 Å². The van der Waals surface area contributed by atoms with Crippen LogP contribution in [0.1, 0.15) is 28.4 Å². The van der Waals surface area contributed by atoms with Gasteiger partial charge in [0.2, 0.25) is 17.7 Å². The van der Waals surface area contributed by atoms with Crippen molar-refractivity contribution in [2.45, 2.75) is 31.5 Å². The summed E-state index contributed by atoms with van der Waals surface area (Å²) in [4.78, 5) is 42.7. The molecule has 3 heterocycles. The van der Waals surface area contributed by atoms with Gasteiger partial charge in [-0.15, -0.1) is 0 Å². The lowest BCUT2D eigenvalue weighted by Gasteiger charge is -2.31. The Morgan fingerprint density at radius 1 is 0.917 bits per heavy atom. The Hall–Kier alpha value is -3.52. The molecule has 36 heavy (non-hydrogen) atoms. The van der Waals surface area contributed by atoms with Gasteiger partial charge >= 0.3 is 0 Å². The van der Waals surface area contributed by atoms with E-state index in [0.29, 0.717) is 27.5 Å². The minimum Gasteiger partial charge on any atom is -0.387 e. The molecule has 0 bridgehead atoms. The molecule has 6 rings (SSSR count). The molecule has 0 aliphatic carbocycles. The largest absolute Gasteiger partial charge is 0.387 e. The van der Waals surface area contributed by atoms with E-state index in [1.807, 2.05) is 38.1 Å². The second-order valence-electron chi connectivity index (χ2n) is 9.83. The van der Waals surface area contributed by atoms with Crippen LogP contribution in [-0.2, 0) is 19.9 Å². The third-order valence-electron chi connectivity index (χ3n) is 7.65. The average molecular weight is 502 g/mol. The summed E-state index contributed by atoms with van der Waals surface area (Å²) in [5.74, 6) is -3.29. The zero-order chi connectivity index (χ0) is 25.4. The molecule has 182 valence electrons. The van der Waals surface area contributed by atoms with E-state index in [1.54, 1.807) is 42.5 Å². The van der Waals surface area contributed by atoms with Crippen LogP contribution in [0.4, 0.5) is 11.4 Å². The SMILES string of the molecule is Cc1ccc(N2C(=O)[C@@H]3[C@@H]([C@H](O)c4ccc(Cl)cc4)N[C@@]4(C(=O)Nc5ccc(C)cc54)[C@H]3C2=O)cc1. The summed E-state index contributed by atoms with van der Waals surface area (Å²) in [6.45, 7) is 3.83. The lowest BCUT2D eigenvalue weighted by Crippen LogP contribution is -2.54. The van der Waals surface area contributed by atoms with E-state index in [2.05, 4.69) is 10.6 Å². The molecule has 3 N–H and O–H groups in total. The fourth-order valence-electron chi connectivity index (χ4n) is 5.93. The first-order valence-electron chi connectivity index (χ1n) is 11.8. The zero-order valence-electron chi connectivity index (χ0n) is 19.7. The molecule has 3 amide bonds. The van der Waals surface area contributed by atoms with Crippen molar-refractivity contribution < 1.29 is 19.5 Å². The van der Waals surface area contributed by atoms with Crippen molar-refractivity contribution in [1.82, 2.24) is 5.32 Å². The third kappa shape index (κ3) is 3.10. The average Bonchev–Trinajstić information content (AvgIpc) is 3.45. The Morgan fingerprint density at radius 2 is 1.58 bits per heavy atom. The van der Waals surface area contributed by atoms with Crippen LogP contribution in [0.5, 0.6) is 0 Å². The lowest BCUT2D eigenvalue weighted by molar-refractivity contribution is -0.130. The van der Waals surface area contributed by atoms with Crippen LogP contribution in [0, 0.1) is 25.7 Å². The maximum atomic E-state index is 14.0. The molecular formula is C28H24ClN3O4. The highest BCUT2D eigenvalue weighted by Gasteiger charge is 2.71. The number of benzene rings is 3. The number of nitrogens with one attached hydrogen (secondary N) is 2. The van der Waals surface area contributed by atoms with Gasteiger partial charge in [0.15, 0.2) is 0 Å². The van der Waals surface area contributed by atoms with Crippen LogP contribution in [0.3, 0.4) is 0 Å². The molecule has 1 spiro atoms. The number of imide groups is 1. The van der Waals surface area contributed by atoms with Crippen LogP contribution < -0.4 is 15.5 Å². The van der Waals surface area contributed by atoms with Crippen LogP contribution in [0.2, 0.25) is 5.02 Å². The van der Waals surface area contributed by atoms with Gasteiger partial charge in [0.25, 0.3) is 0 Å². The van der Waals surface area contributed by atoms with E-state index in [0.717, 1.165) is 11.1 Å². The highest BCUT2D eigenvalue weighted by atomic mass is 35.5. The number of halogens is 1. The van der Waals surface area contributed by atoms with E-state index >= 15 is 0 Å². The first-order valence-corrected chi connectivity index (χ1v) is 12.2. The van der Waals surface area contributed by atoms with Crippen LogP contribution in [0.15, 0.2) is 66.7 Å². The maximum absolute atomic E-state index is 14.0. The number of aryl methyl sites for hydroxylation is 2. The number of hydrogen-bond donors (Lipinski definition) is 3. The fourth-order valence-corrected chi connectivity index (χ4v) is 6.06. The molecule has 5 atom stereocenters. The monoisotopic (exact) mass is 501 g/mol. The molecule has 8 heteroatoms. The normalized spacial score (nSPS) is 27.4. The number of carbonyl (C=O) groups excluding carboxylic acids is 3. The number of carbonyl (C=O) groups is 3. The summed E-state index contributed by atoms with van der Waals surface area (Å²) < 4.78 is 0. The maximum Gasteiger partial charge on any atom is 0.250 e. The Labute approximate surface area is 213 Å². The van der Waals surface area contributed by atoms with E-state index in [4.69, 9.17) is 11.6 Å². The molecule has 0 saturated carbocycles. The van der Waals surface area contributed by atoms with Gasteiger partial charge in [0.1, 0.15) is 5.54 Å². The van der Waals surface area contributed by atoms with Gasteiger partial charge in [-0.05, 0) is 49.7 Å². The number of fused-ring (bicyclic) bond motifs is 4. The van der Waals surface area contributed by atoms with Crippen molar-refractivity contribution in [3.63, 3.8) is 0 Å². The quantitative estimate of drug-likeness (QED) is 0.476. The van der Waals surface area contributed by atoms with E-state index in [-0.39, 0.29) is 0 Å². The first kappa shape index (κ1) is 22.9. The molecule has 0 unspecified atom stereocenters. The molecule has 3 aliphatic rings. The number of aliphatic hydroxyl groups excluding tert-OH is 1. The van der Waals surface area contributed by atoms with E-state index in [9.17, 15) is 19.5 Å². The molecule has 2 saturated heterocycles. The second-order valence-corrected chi connectivity index (χ2v) is 10.3. The fraction of sp³-hybridized carbons (Fsp3) is 0.250. The minimum absolute atomic E-state index is 0.407. The smallest absolute Gasteiger partial charge is 0.250 e. The molecule has 3 aromatic rings. The molecular weight excluding hydrogens is 478 g/mol. The molecule has 0 radical (unpaired) electrons. The number of aliphatic hydroxyl groups is 1. The number of rotatable bonds is 3. The van der Waals surface area contributed by atoms with Crippen molar-refractivity contribution in [2.75, 3.05) is 10.2 Å². The highest BCUT2D eigenvalue weighted by molar-refractivity contribution is 6.30. The van der Waals surface area contributed by atoms with Crippen LogP contribution in [0.25, 0.3) is 0 Å². The summed E-state index contributed by atoms with van der Waals surface area (Å²) in [5, 5.41) is 18.2. The van der Waals surface area contributed by atoms with Gasteiger partial charge in [0, 0.05) is 16.3 Å². The summed E-state index contributed by atoms with van der Waals surface area (Å²) in [7, 11) is 0. The van der Waals surface area contributed by atoms with Crippen molar-refractivity contribution >= 4 is 40.7 Å². The van der Waals surface area contributed by atoms with Crippen molar-refractivity contribution in [2.24, 2.45) is 11.8 Å². The number of amides is 3. The van der Waals surface area contributed by atoms with Gasteiger partial charge in [-0.3, -0.25) is 19.7 Å². The van der Waals surface area contributed by atoms with Gasteiger partial charge in [-0.2, -0.15) is 0 Å². The Balaban J connectivity index is 1.52. The highest BCUT2D eigenvalue weighted by Crippen LogP contribution is 2.55. The van der Waals surface area contributed by atoms with Crippen molar-refractivity contribution in [3.8, 4) is 0 Å². The number of anilines is 2. The molecule has 3 aliphatic heterocycles. The number of nitrogens with zero attached hydrogens (tertiary/aromatic N) is 1. The van der Waals surface area contributed by atoms with Gasteiger partial charge < -0.3 is 10.4 Å². The standard InChI is InChI=1S/C28H24ClN3O4/c1-14-3-10-18(11-4-14)32-25(34)21-22(26(32)35)28(19-13-15(2)5-12-20(19)30-27(28)36)31-23(21)24(33)16-6-8-17(29)9-7-16/h3-13,21-24,31,33H,1-2H3,(H,30,36)/t21-,22+,23-,24+,28+/m0/s1. The zero-order valence-corrected chi connectivity index (χ0v) is 20.4. The lowest BCUT2D eigenvalue weighted by atomic mass is 9.75. The first-order chi connectivity index (χ1) is 17.2. The minimum atomic E-state index is -1.49. The summed E-state index contributed by atoms with van der Waals surface area (Å²) in [6, 6.07) is 18.4.